The van der Waals surface area contributed by atoms with Crippen LogP contribution in [0.15, 0.2) is 23.2 Å². The number of thiazole rings is 1. The molecule has 26 heavy (non-hydrogen) atoms. The topological polar surface area (TPSA) is 73.0 Å². The van der Waals surface area contributed by atoms with Crippen LogP contribution in [-0.4, -0.2) is 36.4 Å². The molecule has 2 aromatic rings. The summed E-state index contributed by atoms with van der Waals surface area (Å²) in [6, 6.07) is 4.81. The van der Waals surface area contributed by atoms with Gasteiger partial charge in [0.2, 0.25) is 0 Å². The Labute approximate surface area is 161 Å². The van der Waals surface area contributed by atoms with Crippen LogP contribution in [0.25, 0.3) is 0 Å². The van der Waals surface area contributed by atoms with Crippen LogP contribution in [0.1, 0.15) is 34.8 Å². The Hall–Kier alpha value is -1.67. The summed E-state index contributed by atoms with van der Waals surface area (Å²) in [6.07, 6.45) is 0. The van der Waals surface area contributed by atoms with E-state index in [1.807, 2.05) is 11.5 Å². The Morgan fingerprint density at radius 2 is 2.08 bits per heavy atom. The van der Waals surface area contributed by atoms with Gasteiger partial charge in [-0.3, -0.25) is 4.79 Å². The molecule has 0 atom stereocenters. The maximum absolute atomic E-state index is 12.7. The van der Waals surface area contributed by atoms with Crippen molar-refractivity contribution in [1.29, 1.82) is 0 Å². The number of amides is 1. The molecule has 0 spiro atoms. The first-order valence-corrected chi connectivity index (χ1v) is 9.23. The number of nitrogens with zero attached hydrogens (tertiary/aromatic N) is 2. The van der Waals surface area contributed by atoms with Crippen LogP contribution in [0.2, 0.25) is 5.02 Å². The van der Waals surface area contributed by atoms with Gasteiger partial charge in [-0.05, 0) is 39.0 Å². The number of hydrogen-bond acceptors (Lipinski definition) is 5. The minimum atomic E-state index is -1.03. The number of benzene rings is 1. The number of ether oxygens (including phenoxy) is 2. The number of carbonyl (C=O) groups excluding carboxylic acids is 1. The summed E-state index contributed by atoms with van der Waals surface area (Å²) >= 11 is 7.29. The molecule has 0 aliphatic carbocycles. The van der Waals surface area contributed by atoms with E-state index in [2.05, 4.69) is 4.99 Å². The van der Waals surface area contributed by atoms with Crippen molar-refractivity contribution in [2.75, 3.05) is 20.8 Å². The van der Waals surface area contributed by atoms with Crippen LogP contribution in [0.3, 0.4) is 0 Å². The summed E-state index contributed by atoms with van der Waals surface area (Å²) in [5.41, 5.74) is 0.104. The van der Waals surface area contributed by atoms with E-state index in [4.69, 9.17) is 21.1 Å². The molecule has 1 aromatic heterocycles. The van der Waals surface area contributed by atoms with Gasteiger partial charge in [-0.2, -0.15) is 4.99 Å². The molecule has 1 amide bonds. The zero-order valence-corrected chi connectivity index (χ0v) is 17.1. The van der Waals surface area contributed by atoms with Crippen molar-refractivity contribution < 1.29 is 19.4 Å². The number of methoxy groups -OCH3 is 2. The van der Waals surface area contributed by atoms with Crippen LogP contribution in [0.5, 0.6) is 5.75 Å². The molecule has 1 aromatic carbocycles. The highest BCUT2D eigenvalue weighted by Gasteiger charge is 2.24. The summed E-state index contributed by atoms with van der Waals surface area (Å²) < 4.78 is 12.3. The zero-order valence-electron chi connectivity index (χ0n) is 15.5. The highest BCUT2D eigenvalue weighted by Crippen LogP contribution is 2.27. The SMILES string of the molecule is COCCn1c(C)c(C(C)(C)O)sc1=NC(=O)c1cc(Cl)ccc1OC. The molecular formula is C18H23ClN2O4S. The van der Waals surface area contributed by atoms with E-state index in [1.165, 1.54) is 24.5 Å². The van der Waals surface area contributed by atoms with Crippen molar-refractivity contribution >= 4 is 28.8 Å². The minimum absolute atomic E-state index is 0.286. The lowest BCUT2D eigenvalue weighted by molar-refractivity contribution is 0.0811. The Bertz CT molecular complexity index is 865. The van der Waals surface area contributed by atoms with Crippen molar-refractivity contribution in [2.45, 2.75) is 32.9 Å². The molecule has 0 unspecified atom stereocenters. The quantitative estimate of drug-likeness (QED) is 0.811. The summed E-state index contributed by atoms with van der Waals surface area (Å²) in [7, 11) is 3.10. The van der Waals surface area contributed by atoms with E-state index in [0.29, 0.717) is 28.7 Å². The second-order valence-electron chi connectivity index (χ2n) is 6.26. The lowest BCUT2D eigenvalue weighted by Crippen LogP contribution is -2.21. The first-order chi connectivity index (χ1) is 12.2. The summed E-state index contributed by atoms with van der Waals surface area (Å²) in [4.78, 5) is 18.2. The largest absolute Gasteiger partial charge is 0.496 e. The average molecular weight is 399 g/mol. The van der Waals surface area contributed by atoms with Crippen LogP contribution in [-0.2, 0) is 16.9 Å². The fraction of sp³-hybridized carbons (Fsp3) is 0.444. The maximum atomic E-state index is 12.7. The minimum Gasteiger partial charge on any atom is -0.496 e. The Balaban J connectivity index is 2.59. The highest BCUT2D eigenvalue weighted by atomic mass is 35.5. The second-order valence-corrected chi connectivity index (χ2v) is 7.68. The van der Waals surface area contributed by atoms with E-state index >= 15 is 0 Å². The van der Waals surface area contributed by atoms with Crippen molar-refractivity contribution in [1.82, 2.24) is 4.57 Å². The summed E-state index contributed by atoms with van der Waals surface area (Å²) in [5, 5.41) is 10.8. The molecule has 0 fully saturated rings. The molecule has 0 bridgehead atoms. The van der Waals surface area contributed by atoms with Gasteiger partial charge in [0.05, 0.1) is 29.8 Å². The zero-order chi connectivity index (χ0) is 19.5. The highest BCUT2D eigenvalue weighted by molar-refractivity contribution is 7.09. The van der Waals surface area contributed by atoms with Gasteiger partial charge >= 0.3 is 0 Å². The molecule has 0 saturated carbocycles. The fourth-order valence-electron chi connectivity index (χ4n) is 2.58. The standard InChI is InChI=1S/C18H23ClN2O4S/c1-11-15(18(2,3)23)26-17(21(11)8-9-24-4)20-16(22)13-10-12(19)6-7-14(13)25-5/h6-7,10,23H,8-9H2,1-5H3. The van der Waals surface area contributed by atoms with Gasteiger partial charge in [-0.15, -0.1) is 0 Å². The molecule has 1 N–H and O–H groups in total. The molecule has 0 aliphatic heterocycles. The number of rotatable bonds is 6. The first kappa shape index (κ1) is 20.6. The lowest BCUT2D eigenvalue weighted by atomic mass is 10.1. The fourth-order valence-corrected chi connectivity index (χ4v) is 3.91. The third-order valence-electron chi connectivity index (χ3n) is 3.82. The monoisotopic (exact) mass is 398 g/mol. The molecule has 1 heterocycles. The van der Waals surface area contributed by atoms with E-state index in [1.54, 1.807) is 33.1 Å². The molecule has 8 heteroatoms. The summed E-state index contributed by atoms with van der Waals surface area (Å²) in [5.74, 6) is -0.0540. The molecule has 142 valence electrons. The van der Waals surface area contributed by atoms with Gasteiger partial charge in [-0.25, -0.2) is 0 Å². The predicted octanol–water partition coefficient (Wildman–Crippen LogP) is 3.13. The van der Waals surface area contributed by atoms with Gasteiger partial charge in [0.1, 0.15) is 5.75 Å². The van der Waals surface area contributed by atoms with Crippen LogP contribution in [0, 0.1) is 6.92 Å². The van der Waals surface area contributed by atoms with Gasteiger partial charge in [-0.1, -0.05) is 22.9 Å². The van der Waals surface area contributed by atoms with Crippen molar-refractivity contribution in [2.24, 2.45) is 4.99 Å². The van der Waals surface area contributed by atoms with Crippen molar-refractivity contribution in [3.63, 3.8) is 0 Å². The Morgan fingerprint density at radius 1 is 1.38 bits per heavy atom. The Morgan fingerprint density at radius 3 is 2.65 bits per heavy atom. The number of carbonyl (C=O) groups is 1. The molecule has 0 aliphatic rings. The molecule has 2 rings (SSSR count). The maximum Gasteiger partial charge on any atom is 0.283 e. The van der Waals surface area contributed by atoms with E-state index in [0.717, 1.165) is 10.6 Å². The molecule has 6 nitrogen and oxygen atoms in total. The predicted molar refractivity (Wildman–Crippen MR) is 102 cm³/mol. The number of halogens is 1. The van der Waals surface area contributed by atoms with Crippen LogP contribution < -0.4 is 9.54 Å². The third-order valence-corrected chi connectivity index (χ3v) is 5.55. The average Bonchev–Trinajstić information content (AvgIpc) is 2.88. The van der Waals surface area contributed by atoms with Crippen LogP contribution >= 0.6 is 22.9 Å². The first-order valence-electron chi connectivity index (χ1n) is 8.03. The van der Waals surface area contributed by atoms with Gasteiger partial charge in [0.25, 0.3) is 5.91 Å². The van der Waals surface area contributed by atoms with E-state index < -0.39 is 11.5 Å². The molecular weight excluding hydrogens is 376 g/mol. The van der Waals surface area contributed by atoms with Gasteiger partial charge < -0.3 is 19.1 Å². The van der Waals surface area contributed by atoms with Gasteiger partial charge in [0.15, 0.2) is 4.80 Å². The lowest BCUT2D eigenvalue weighted by Gasteiger charge is -2.16. The molecule has 0 saturated heterocycles. The van der Waals surface area contributed by atoms with E-state index in [9.17, 15) is 9.90 Å². The third kappa shape index (κ3) is 4.54. The number of aromatic nitrogens is 1. The summed E-state index contributed by atoms with van der Waals surface area (Å²) in [6.45, 7) is 6.29. The van der Waals surface area contributed by atoms with Crippen LogP contribution in [0.4, 0.5) is 0 Å². The molecule has 0 radical (unpaired) electrons. The second kappa shape index (κ2) is 8.35. The van der Waals surface area contributed by atoms with Gasteiger partial charge in [0, 0.05) is 24.4 Å². The number of aliphatic hydroxyl groups is 1. The van der Waals surface area contributed by atoms with Crippen molar-refractivity contribution in [3.8, 4) is 5.75 Å². The number of hydrogen-bond donors (Lipinski definition) is 1. The van der Waals surface area contributed by atoms with E-state index in [-0.39, 0.29) is 5.56 Å². The normalized spacial score (nSPS) is 12.5. The smallest absolute Gasteiger partial charge is 0.283 e. The Kier molecular flexibility index (Phi) is 6.63. The van der Waals surface area contributed by atoms with Crippen molar-refractivity contribution in [3.05, 3.63) is 44.2 Å².